The molecule has 3 heterocycles. The molecular weight excluding hydrogens is 450 g/mol. The maximum Gasteiger partial charge on any atom is 0.239 e. The summed E-state index contributed by atoms with van der Waals surface area (Å²) in [6.07, 6.45) is 2.22. The summed E-state index contributed by atoms with van der Waals surface area (Å²) in [5.41, 5.74) is 14.2. The van der Waals surface area contributed by atoms with E-state index in [0.717, 1.165) is 5.56 Å². The lowest BCUT2D eigenvalue weighted by Crippen LogP contribution is -2.53. The van der Waals surface area contributed by atoms with Crippen molar-refractivity contribution >= 4 is 28.8 Å². The second-order valence-electron chi connectivity index (χ2n) is 8.02. The molecule has 1 aromatic carbocycles. The number of nitriles is 1. The Morgan fingerprint density at radius 1 is 1.14 bits per heavy atom. The number of hydrogen-bond donors (Lipinski definition) is 2. The summed E-state index contributed by atoms with van der Waals surface area (Å²) in [6.45, 7) is 1.97. The molecule has 0 radical (unpaired) electrons. The van der Waals surface area contributed by atoms with E-state index < -0.39 is 6.04 Å². The van der Waals surface area contributed by atoms with Gasteiger partial charge >= 0.3 is 0 Å². The quantitative estimate of drug-likeness (QED) is 0.497. The third-order valence-electron chi connectivity index (χ3n) is 5.86. The molecular formula is C23H27N9O3. The minimum atomic E-state index is -0.674. The van der Waals surface area contributed by atoms with Gasteiger partial charge < -0.3 is 30.7 Å². The second-order valence-corrected chi connectivity index (χ2v) is 8.02. The van der Waals surface area contributed by atoms with Crippen LogP contribution >= 0.6 is 0 Å². The number of amides is 1. The third kappa shape index (κ3) is 4.99. The van der Waals surface area contributed by atoms with Crippen LogP contribution < -0.4 is 25.8 Å². The molecule has 1 aliphatic heterocycles. The summed E-state index contributed by atoms with van der Waals surface area (Å²) in [4.78, 5) is 34.3. The molecule has 35 heavy (non-hydrogen) atoms. The minimum absolute atomic E-state index is 0.0951. The SMILES string of the molecule is COc1ccc(-c2cnc3nc(N)nc(N4CCN(C(=O)[C@@H](N)CCC#N)CC4)c3n2)cc1OC. The number of carbonyl (C=O) groups is 1. The van der Waals surface area contributed by atoms with Gasteiger partial charge in [-0.1, -0.05) is 0 Å². The normalized spacial score (nSPS) is 14.5. The first-order valence-electron chi connectivity index (χ1n) is 11.1. The van der Waals surface area contributed by atoms with E-state index in [1.165, 1.54) is 0 Å². The Bertz CT molecular complexity index is 1270. The number of anilines is 2. The van der Waals surface area contributed by atoms with Crippen LogP contribution in [-0.4, -0.2) is 77.2 Å². The average molecular weight is 478 g/mol. The number of rotatable bonds is 7. The highest BCUT2D eigenvalue weighted by molar-refractivity contribution is 5.86. The molecule has 2 aromatic heterocycles. The number of piperazine rings is 1. The van der Waals surface area contributed by atoms with E-state index in [0.29, 0.717) is 66.8 Å². The zero-order valence-electron chi connectivity index (χ0n) is 19.6. The monoisotopic (exact) mass is 477 g/mol. The summed E-state index contributed by atoms with van der Waals surface area (Å²) in [5.74, 6) is 1.69. The first-order valence-corrected chi connectivity index (χ1v) is 11.1. The second kappa shape index (κ2) is 10.4. The molecule has 1 atom stereocenters. The fourth-order valence-electron chi connectivity index (χ4n) is 3.98. The van der Waals surface area contributed by atoms with E-state index >= 15 is 0 Å². The van der Waals surface area contributed by atoms with Crippen LogP contribution in [0.4, 0.5) is 11.8 Å². The summed E-state index contributed by atoms with van der Waals surface area (Å²) >= 11 is 0. The van der Waals surface area contributed by atoms with Gasteiger partial charge in [0.15, 0.2) is 28.5 Å². The molecule has 3 aromatic rings. The summed E-state index contributed by atoms with van der Waals surface area (Å²) in [5, 5.41) is 8.74. The zero-order valence-corrected chi connectivity index (χ0v) is 19.6. The Labute approximate surface area is 202 Å². The third-order valence-corrected chi connectivity index (χ3v) is 5.86. The van der Waals surface area contributed by atoms with Crippen molar-refractivity contribution in [2.45, 2.75) is 18.9 Å². The Kier molecular flexibility index (Phi) is 7.07. The Morgan fingerprint density at radius 2 is 1.89 bits per heavy atom. The van der Waals surface area contributed by atoms with Gasteiger partial charge in [0.05, 0.1) is 38.2 Å². The van der Waals surface area contributed by atoms with E-state index in [9.17, 15) is 4.79 Å². The molecule has 182 valence electrons. The maximum absolute atomic E-state index is 12.6. The lowest BCUT2D eigenvalue weighted by molar-refractivity contribution is -0.133. The number of methoxy groups -OCH3 is 2. The highest BCUT2D eigenvalue weighted by atomic mass is 16.5. The molecule has 1 saturated heterocycles. The molecule has 1 amide bonds. The summed E-state index contributed by atoms with van der Waals surface area (Å²) in [6, 6.07) is 6.85. The van der Waals surface area contributed by atoms with Gasteiger partial charge in [-0.2, -0.15) is 15.2 Å². The van der Waals surface area contributed by atoms with Crippen molar-refractivity contribution in [1.82, 2.24) is 24.8 Å². The van der Waals surface area contributed by atoms with Gasteiger partial charge in [0, 0.05) is 38.2 Å². The first kappa shape index (κ1) is 23.9. The first-order chi connectivity index (χ1) is 16.9. The molecule has 4 rings (SSSR count). The molecule has 0 spiro atoms. The molecule has 4 N–H and O–H groups in total. The molecule has 12 nitrogen and oxygen atoms in total. The predicted octanol–water partition coefficient (Wildman–Crippen LogP) is 0.966. The van der Waals surface area contributed by atoms with Gasteiger partial charge in [0.1, 0.15) is 0 Å². The number of aromatic nitrogens is 4. The summed E-state index contributed by atoms with van der Waals surface area (Å²) < 4.78 is 10.7. The van der Waals surface area contributed by atoms with Crippen molar-refractivity contribution in [3.05, 3.63) is 24.4 Å². The fraction of sp³-hybridized carbons (Fsp3) is 0.391. The average Bonchev–Trinajstić information content (AvgIpc) is 2.90. The zero-order chi connectivity index (χ0) is 24.9. The van der Waals surface area contributed by atoms with Gasteiger partial charge in [-0.25, -0.2) is 9.97 Å². The standard InChI is InChI=1S/C23H27N9O3/c1-34-17-6-5-14(12-18(17)35-2)16-13-27-20-19(28-16)21(30-23(26)29-20)31-8-10-32(11-9-31)22(33)15(25)4-3-7-24/h5-6,12-13,15H,3-4,8-11,25H2,1-2H3,(H2,26,27,29,30)/t15-/m0/s1. The van der Waals surface area contributed by atoms with Crippen LogP contribution in [0.2, 0.25) is 0 Å². The lowest BCUT2D eigenvalue weighted by Gasteiger charge is -2.36. The molecule has 0 saturated carbocycles. The van der Waals surface area contributed by atoms with Gasteiger partial charge in [-0.05, 0) is 24.6 Å². The number of nitrogen functional groups attached to an aromatic ring is 1. The largest absolute Gasteiger partial charge is 0.493 e. The van der Waals surface area contributed by atoms with E-state index in [1.54, 1.807) is 31.4 Å². The van der Waals surface area contributed by atoms with Gasteiger partial charge in [-0.3, -0.25) is 4.79 Å². The van der Waals surface area contributed by atoms with Crippen LogP contribution in [0.1, 0.15) is 12.8 Å². The Balaban J connectivity index is 1.60. The van der Waals surface area contributed by atoms with Crippen molar-refractivity contribution in [1.29, 1.82) is 5.26 Å². The molecule has 1 aliphatic rings. The highest BCUT2D eigenvalue weighted by Gasteiger charge is 2.27. The van der Waals surface area contributed by atoms with Gasteiger partial charge in [0.2, 0.25) is 11.9 Å². The molecule has 0 unspecified atom stereocenters. The van der Waals surface area contributed by atoms with Crippen molar-refractivity contribution in [3.8, 4) is 28.8 Å². The molecule has 1 fully saturated rings. The van der Waals surface area contributed by atoms with Crippen LogP contribution in [0.3, 0.4) is 0 Å². The topological polar surface area (TPSA) is 169 Å². The lowest BCUT2D eigenvalue weighted by atomic mass is 10.1. The molecule has 12 heteroatoms. The number of carbonyl (C=O) groups excluding carboxylic acids is 1. The Hall–Kier alpha value is -4.24. The van der Waals surface area contributed by atoms with Crippen molar-refractivity contribution in [2.75, 3.05) is 51.0 Å². The number of hydrogen-bond acceptors (Lipinski definition) is 11. The summed E-state index contributed by atoms with van der Waals surface area (Å²) in [7, 11) is 3.15. The van der Waals surface area contributed by atoms with E-state index in [2.05, 4.69) is 15.0 Å². The number of benzene rings is 1. The fourth-order valence-corrected chi connectivity index (χ4v) is 3.98. The maximum atomic E-state index is 12.6. The van der Waals surface area contributed by atoms with Crippen LogP contribution in [0.5, 0.6) is 11.5 Å². The van der Waals surface area contributed by atoms with Crippen LogP contribution in [0.25, 0.3) is 22.4 Å². The van der Waals surface area contributed by atoms with E-state index in [4.69, 9.17) is 31.2 Å². The number of nitrogens with two attached hydrogens (primary N) is 2. The van der Waals surface area contributed by atoms with Crippen molar-refractivity contribution in [3.63, 3.8) is 0 Å². The van der Waals surface area contributed by atoms with E-state index in [-0.39, 0.29) is 18.3 Å². The van der Waals surface area contributed by atoms with Crippen LogP contribution in [-0.2, 0) is 4.79 Å². The minimum Gasteiger partial charge on any atom is -0.493 e. The highest BCUT2D eigenvalue weighted by Crippen LogP contribution is 2.32. The van der Waals surface area contributed by atoms with Gasteiger partial charge in [-0.15, -0.1) is 0 Å². The van der Waals surface area contributed by atoms with E-state index in [1.807, 2.05) is 23.1 Å². The number of fused-ring (bicyclic) bond motifs is 1. The smallest absolute Gasteiger partial charge is 0.239 e. The van der Waals surface area contributed by atoms with Crippen molar-refractivity contribution in [2.24, 2.45) is 5.73 Å². The van der Waals surface area contributed by atoms with Crippen LogP contribution in [0.15, 0.2) is 24.4 Å². The number of nitrogens with zero attached hydrogens (tertiary/aromatic N) is 7. The van der Waals surface area contributed by atoms with Gasteiger partial charge in [0.25, 0.3) is 0 Å². The van der Waals surface area contributed by atoms with Crippen LogP contribution in [0, 0.1) is 11.3 Å². The number of ether oxygens (including phenoxy) is 2. The molecule has 0 aliphatic carbocycles. The predicted molar refractivity (Wildman–Crippen MR) is 130 cm³/mol. The molecule has 0 bridgehead atoms. The van der Waals surface area contributed by atoms with Crippen molar-refractivity contribution < 1.29 is 14.3 Å². The Morgan fingerprint density at radius 3 is 2.57 bits per heavy atom.